The summed E-state index contributed by atoms with van der Waals surface area (Å²) < 4.78 is 80.4. The number of aliphatic hydroxyl groups excluding tert-OH is 1. The van der Waals surface area contributed by atoms with E-state index < -0.39 is 40.2 Å². The zero-order chi connectivity index (χ0) is 22.3. The molecule has 1 N–H and O–H groups in total. The van der Waals surface area contributed by atoms with Gasteiger partial charge in [0.15, 0.2) is 0 Å². The molecule has 0 aliphatic heterocycles. The molecule has 2 aromatic carbocycles. The second kappa shape index (κ2) is 8.16. The lowest BCUT2D eigenvalue weighted by Gasteiger charge is -2.25. The van der Waals surface area contributed by atoms with Crippen LogP contribution in [0.15, 0.2) is 42.5 Å². The number of thiophene rings is 1. The predicted molar refractivity (Wildman–Crippen MR) is 110 cm³/mol. The number of benzene rings is 2. The van der Waals surface area contributed by atoms with Crippen molar-refractivity contribution in [3.63, 3.8) is 0 Å². The van der Waals surface area contributed by atoms with E-state index in [1.165, 1.54) is 13.8 Å². The molecule has 0 aliphatic rings. The van der Waals surface area contributed by atoms with Crippen molar-refractivity contribution >= 4 is 36.4 Å². The molecule has 10 heteroatoms. The standard InChI is InChI=1S/C20H19F4NO3S2/c1-3-30(27,28)25(11-13-8-9-16(21)15(10-13)20(22,23)24)19-18(12(2)26)14-6-4-5-7-17(14)29-19/h4-10,12,26H,3,11H2,1-2H3/i1-1. The minimum absolute atomic E-state index is 0.0188. The Morgan fingerprint density at radius 3 is 2.43 bits per heavy atom. The van der Waals surface area contributed by atoms with Crippen molar-refractivity contribution in [2.75, 3.05) is 10.1 Å². The Balaban J connectivity index is 2.18. The largest absolute Gasteiger partial charge is 0.419 e. The van der Waals surface area contributed by atoms with Gasteiger partial charge in [0.2, 0.25) is 10.0 Å². The number of hydrogen-bond acceptors (Lipinski definition) is 4. The molecule has 1 heterocycles. The third-order valence-electron chi connectivity index (χ3n) is 4.62. The maximum atomic E-state index is 13.7. The van der Waals surface area contributed by atoms with E-state index in [9.17, 15) is 31.1 Å². The van der Waals surface area contributed by atoms with Crippen LogP contribution in [0.25, 0.3) is 10.1 Å². The highest BCUT2D eigenvalue weighted by Crippen LogP contribution is 2.43. The molecule has 0 fully saturated rings. The fourth-order valence-electron chi connectivity index (χ4n) is 3.15. The second-order valence-corrected chi connectivity index (χ2v) is 9.92. The van der Waals surface area contributed by atoms with Gasteiger partial charge in [-0.15, -0.1) is 11.3 Å². The van der Waals surface area contributed by atoms with Crippen molar-refractivity contribution in [1.82, 2.24) is 0 Å². The maximum Gasteiger partial charge on any atom is 0.419 e. The van der Waals surface area contributed by atoms with Gasteiger partial charge in [-0.25, -0.2) is 12.8 Å². The van der Waals surface area contributed by atoms with Crippen LogP contribution in [0, 0.1) is 5.82 Å². The number of anilines is 1. The van der Waals surface area contributed by atoms with Gasteiger partial charge in [0.25, 0.3) is 0 Å². The van der Waals surface area contributed by atoms with E-state index in [0.29, 0.717) is 23.1 Å². The van der Waals surface area contributed by atoms with Gasteiger partial charge in [-0.3, -0.25) is 4.31 Å². The third kappa shape index (κ3) is 4.30. The second-order valence-electron chi connectivity index (χ2n) is 6.71. The summed E-state index contributed by atoms with van der Waals surface area (Å²) in [5.41, 5.74) is -1.10. The first-order chi connectivity index (χ1) is 14.0. The monoisotopic (exact) mass is 460 g/mol. The SMILES string of the molecule is CC(O)c1c(N(Cc2ccc(F)c(C(F)(F)F)c2)S(=O)(=O)C[11CH3])sc2ccccc12. The fourth-order valence-corrected chi connectivity index (χ4v) is 5.81. The maximum absolute atomic E-state index is 13.7. The molecule has 4 nitrogen and oxygen atoms in total. The van der Waals surface area contributed by atoms with Crippen molar-refractivity contribution in [3.05, 3.63) is 65.0 Å². The van der Waals surface area contributed by atoms with Gasteiger partial charge in [-0.2, -0.15) is 13.2 Å². The van der Waals surface area contributed by atoms with Crippen LogP contribution >= 0.6 is 11.3 Å². The molecule has 3 aromatic rings. The summed E-state index contributed by atoms with van der Waals surface area (Å²) in [6.07, 6.45) is -5.92. The molecule has 1 atom stereocenters. The van der Waals surface area contributed by atoms with Crippen LogP contribution in [0.5, 0.6) is 0 Å². The third-order valence-corrected chi connectivity index (χ3v) is 7.66. The van der Waals surface area contributed by atoms with Crippen molar-refractivity contribution in [2.24, 2.45) is 0 Å². The molecule has 162 valence electrons. The minimum Gasteiger partial charge on any atom is -0.389 e. The Morgan fingerprint density at radius 1 is 1.17 bits per heavy atom. The van der Waals surface area contributed by atoms with Gasteiger partial charge in [-0.1, -0.05) is 24.3 Å². The average molecular weight is 461 g/mol. The van der Waals surface area contributed by atoms with E-state index in [-0.39, 0.29) is 16.3 Å². The Hall–Kier alpha value is -2.17. The van der Waals surface area contributed by atoms with Crippen molar-refractivity contribution in [1.29, 1.82) is 0 Å². The quantitative estimate of drug-likeness (QED) is 0.497. The lowest BCUT2D eigenvalue weighted by molar-refractivity contribution is -0.140. The predicted octanol–water partition coefficient (Wildman–Crippen LogP) is 5.47. The Labute approximate surface area is 175 Å². The molecule has 1 aromatic heterocycles. The molecular formula is C20H19F4NO3S2. The van der Waals surface area contributed by atoms with Crippen LogP contribution in [0.4, 0.5) is 22.6 Å². The highest BCUT2D eigenvalue weighted by Gasteiger charge is 2.35. The van der Waals surface area contributed by atoms with Crippen molar-refractivity contribution < 1.29 is 31.1 Å². The molecule has 0 amide bonds. The van der Waals surface area contributed by atoms with Crippen molar-refractivity contribution in [2.45, 2.75) is 32.7 Å². The van der Waals surface area contributed by atoms with Crippen LogP contribution < -0.4 is 4.31 Å². The lowest BCUT2D eigenvalue weighted by atomic mass is 10.1. The molecular weight excluding hydrogens is 441 g/mol. The smallest absolute Gasteiger partial charge is 0.389 e. The van der Waals surface area contributed by atoms with E-state index in [1.807, 2.05) is 0 Å². The first-order valence-electron chi connectivity index (χ1n) is 9.01. The highest BCUT2D eigenvalue weighted by molar-refractivity contribution is 7.92. The number of sulfonamides is 1. The van der Waals surface area contributed by atoms with Gasteiger partial charge in [0.1, 0.15) is 10.8 Å². The number of aliphatic hydroxyl groups is 1. The zero-order valence-corrected chi connectivity index (χ0v) is 17.7. The van der Waals surface area contributed by atoms with Crippen LogP contribution in [0.2, 0.25) is 0 Å². The van der Waals surface area contributed by atoms with Crippen molar-refractivity contribution in [3.8, 4) is 0 Å². The summed E-state index contributed by atoms with van der Waals surface area (Å²) in [6, 6.07) is 9.44. The van der Waals surface area contributed by atoms with E-state index in [0.717, 1.165) is 26.4 Å². The average Bonchev–Trinajstić information content (AvgIpc) is 3.05. The minimum atomic E-state index is -4.91. The van der Waals surface area contributed by atoms with Gasteiger partial charge in [-0.05, 0) is 37.6 Å². The molecule has 0 radical (unpaired) electrons. The van der Waals surface area contributed by atoms with E-state index >= 15 is 0 Å². The van der Waals surface area contributed by atoms with Gasteiger partial charge >= 0.3 is 6.18 Å². The Kier molecular flexibility index (Phi) is 6.13. The van der Waals surface area contributed by atoms with Crippen LogP contribution in [0.1, 0.15) is 36.6 Å². The van der Waals surface area contributed by atoms with Gasteiger partial charge in [0, 0.05) is 15.6 Å². The summed E-state index contributed by atoms with van der Waals surface area (Å²) in [4.78, 5) is 0. The number of rotatable bonds is 6. The normalized spacial score (nSPS) is 13.6. The van der Waals surface area contributed by atoms with Gasteiger partial charge < -0.3 is 5.11 Å². The Morgan fingerprint density at radius 2 is 1.83 bits per heavy atom. The number of hydrogen-bond donors (Lipinski definition) is 1. The summed E-state index contributed by atoms with van der Waals surface area (Å²) in [6.45, 7) is 2.49. The topological polar surface area (TPSA) is 57.6 Å². The number of halogens is 4. The zero-order valence-electron chi connectivity index (χ0n) is 16.1. The lowest BCUT2D eigenvalue weighted by Crippen LogP contribution is -2.32. The molecule has 0 saturated carbocycles. The molecule has 0 bridgehead atoms. The summed E-state index contributed by atoms with van der Waals surface area (Å²) in [7, 11) is -3.92. The molecule has 0 saturated heterocycles. The molecule has 1 unspecified atom stereocenters. The van der Waals surface area contributed by atoms with E-state index in [4.69, 9.17) is 0 Å². The highest BCUT2D eigenvalue weighted by atomic mass is 32.2. The number of fused-ring (bicyclic) bond motifs is 1. The molecule has 0 spiro atoms. The van der Waals surface area contributed by atoms with Gasteiger partial charge in [0.05, 0.1) is 24.0 Å². The number of alkyl halides is 3. The Bertz CT molecular complexity index is 1170. The molecule has 3 rings (SSSR count). The summed E-state index contributed by atoms with van der Waals surface area (Å²) in [5.74, 6) is -1.73. The van der Waals surface area contributed by atoms with Crippen LogP contribution in [0.3, 0.4) is 0 Å². The van der Waals surface area contributed by atoms with Crippen LogP contribution in [-0.2, 0) is 22.7 Å². The summed E-state index contributed by atoms with van der Waals surface area (Å²) >= 11 is 1.13. The first kappa shape index (κ1) is 22.5. The fraction of sp³-hybridized carbons (Fsp3) is 0.300. The van der Waals surface area contributed by atoms with E-state index in [1.54, 1.807) is 24.3 Å². The summed E-state index contributed by atoms with van der Waals surface area (Å²) in [5, 5.41) is 11.2. The molecule has 0 aliphatic carbocycles. The van der Waals surface area contributed by atoms with E-state index in [2.05, 4.69) is 0 Å². The first-order valence-corrected chi connectivity index (χ1v) is 11.4. The van der Waals surface area contributed by atoms with Crippen LogP contribution in [-0.4, -0.2) is 19.3 Å². The molecule has 30 heavy (non-hydrogen) atoms. The number of nitrogens with zero attached hydrogens (tertiary/aromatic N) is 1.